The Hall–Kier alpha value is -0.700. The third-order valence-electron chi connectivity index (χ3n) is 2.52. The molecule has 0 aromatic heterocycles. The topological polar surface area (TPSA) is 82.1 Å². The molecule has 1 saturated heterocycles. The number of rotatable bonds is 7. The van der Waals surface area contributed by atoms with Gasteiger partial charge in [-0.2, -0.15) is 0 Å². The van der Waals surface area contributed by atoms with E-state index < -0.39 is 15.8 Å². The second-order valence-electron chi connectivity index (χ2n) is 3.96. The van der Waals surface area contributed by atoms with Crippen LogP contribution in [-0.2, 0) is 28.8 Å². The molecule has 0 aromatic carbocycles. The first-order valence-corrected chi connectivity index (χ1v) is 7.51. The molecule has 7 nitrogen and oxygen atoms in total. The summed E-state index contributed by atoms with van der Waals surface area (Å²) in [6, 6.07) is 0. The Bertz CT molecular complexity index is 341. The summed E-state index contributed by atoms with van der Waals surface area (Å²) < 4.78 is 36.9. The van der Waals surface area contributed by atoms with E-state index in [1.165, 1.54) is 0 Å². The molecule has 0 amide bonds. The van der Waals surface area contributed by atoms with Gasteiger partial charge in [0.15, 0.2) is 16.6 Å². The van der Waals surface area contributed by atoms with E-state index in [4.69, 9.17) is 14.2 Å². The van der Waals surface area contributed by atoms with Crippen LogP contribution >= 0.6 is 0 Å². The SMILES string of the molecule is COCCOCOC(=O)CN1CCS(=O)(=O)CC1. The molecule has 0 atom stereocenters. The lowest BCUT2D eigenvalue weighted by Gasteiger charge is -2.25. The van der Waals surface area contributed by atoms with Gasteiger partial charge in [-0.3, -0.25) is 9.69 Å². The largest absolute Gasteiger partial charge is 0.438 e. The first-order valence-electron chi connectivity index (χ1n) is 5.68. The maximum absolute atomic E-state index is 11.4. The van der Waals surface area contributed by atoms with Crippen LogP contribution in [0.25, 0.3) is 0 Å². The van der Waals surface area contributed by atoms with Crippen molar-refractivity contribution in [1.29, 1.82) is 0 Å². The standard InChI is InChI=1S/C10H19NO6S/c1-15-4-5-16-9-17-10(12)8-11-2-6-18(13,14)7-3-11/h2-9H2,1H3. The van der Waals surface area contributed by atoms with Crippen LogP contribution in [0.15, 0.2) is 0 Å². The zero-order valence-electron chi connectivity index (χ0n) is 10.5. The molecule has 1 heterocycles. The minimum absolute atomic E-state index is 0.100. The van der Waals surface area contributed by atoms with Crippen molar-refractivity contribution in [2.45, 2.75) is 0 Å². The average Bonchev–Trinajstić information content (AvgIpc) is 2.32. The van der Waals surface area contributed by atoms with Gasteiger partial charge in [-0.15, -0.1) is 0 Å². The van der Waals surface area contributed by atoms with E-state index in [2.05, 4.69) is 0 Å². The van der Waals surface area contributed by atoms with Gasteiger partial charge < -0.3 is 14.2 Å². The van der Waals surface area contributed by atoms with Crippen LogP contribution in [0.3, 0.4) is 0 Å². The molecule has 0 aromatic rings. The fourth-order valence-electron chi connectivity index (χ4n) is 1.45. The number of methoxy groups -OCH3 is 1. The highest BCUT2D eigenvalue weighted by Gasteiger charge is 2.23. The molecular formula is C10H19NO6S. The summed E-state index contributed by atoms with van der Waals surface area (Å²) in [6.45, 7) is 1.56. The number of hydrogen-bond acceptors (Lipinski definition) is 7. The number of ether oxygens (including phenoxy) is 3. The molecule has 0 aliphatic carbocycles. The Labute approximate surface area is 107 Å². The lowest BCUT2D eigenvalue weighted by atomic mass is 10.4. The highest BCUT2D eigenvalue weighted by atomic mass is 32.2. The Morgan fingerprint density at radius 2 is 1.89 bits per heavy atom. The fourth-order valence-corrected chi connectivity index (χ4v) is 2.72. The molecule has 0 unspecified atom stereocenters. The van der Waals surface area contributed by atoms with Crippen molar-refractivity contribution in [2.24, 2.45) is 0 Å². The molecule has 1 rings (SSSR count). The third-order valence-corrected chi connectivity index (χ3v) is 4.13. The van der Waals surface area contributed by atoms with Crippen LogP contribution in [0.2, 0.25) is 0 Å². The molecule has 18 heavy (non-hydrogen) atoms. The molecule has 0 N–H and O–H groups in total. The van der Waals surface area contributed by atoms with Crippen molar-refractivity contribution in [1.82, 2.24) is 4.90 Å². The predicted octanol–water partition coefficient (Wildman–Crippen LogP) is -1.12. The number of esters is 1. The van der Waals surface area contributed by atoms with Crippen LogP contribution in [-0.4, -0.2) is 77.5 Å². The molecule has 1 aliphatic rings. The molecule has 8 heteroatoms. The molecule has 106 valence electrons. The Morgan fingerprint density at radius 1 is 1.22 bits per heavy atom. The van der Waals surface area contributed by atoms with E-state index in [-0.39, 0.29) is 24.8 Å². The summed E-state index contributed by atoms with van der Waals surface area (Å²) >= 11 is 0. The van der Waals surface area contributed by atoms with Gasteiger partial charge in [-0.05, 0) is 0 Å². The molecule has 0 bridgehead atoms. The van der Waals surface area contributed by atoms with Crippen molar-refractivity contribution in [3.8, 4) is 0 Å². The summed E-state index contributed by atoms with van der Waals surface area (Å²) in [4.78, 5) is 13.1. The van der Waals surface area contributed by atoms with Gasteiger partial charge >= 0.3 is 5.97 Å². The van der Waals surface area contributed by atoms with E-state index in [0.29, 0.717) is 26.3 Å². The highest BCUT2D eigenvalue weighted by molar-refractivity contribution is 7.91. The summed E-state index contributed by atoms with van der Waals surface area (Å²) in [7, 11) is -1.36. The monoisotopic (exact) mass is 281 g/mol. The van der Waals surface area contributed by atoms with Gasteiger partial charge in [0, 0.05) is 20.2 Å². The smallest absolute Gasteiger partial charge is 0.322 e. The van der Waals surface area contributed by atoms with E-state index in [9.17, 15) is 13.2 Å². The van der Waals surface area contributed by atoms with Gasteiger partial charge in [0.05, 0.1) is 31.3 Å². The van der Waals surface area contributed by atoms with Crippen LogP contribution < -0.4 is 0 Å². The summed E-state index contributed by atoms with van der Waals surface area (Å²) in [5.74, 6) is -0.207. The van der Waals surface area contributed by atoms with E-state index in [1.54, 1.807) is 12.0 Å². The van der Waals surface area contributed by atoms with Gasteiger partial charge in [0.1, 0.15) is 0 Å². The normalized spacial score (nSPS) is 19.6. The minimum atomic E-state index is -2.91. The third kappa shape index (κ3) is 6.29. The maximum Gasteiger partial charge on any atom is 0.322 e. The lowest BCUT2D eigenvalue weighted by molar-refractivity contribution is -0.158. The fraction of sp³-hybridized carbons (Fsp3) is 0.900. The second-order valence-corrected chi connectivity index (χ2v) is 6.27. The van der Waals surface area contributed by atoms with Gasteiger partial charge in [-0.25, -0.2) is 8.42 Å². The van der Waals surface area contributed by atoms with Crippen molar-refractivity contribution in [3.05, 3.63) is 0 Å². The summed E-state index contributed by atoms with van der Waals surface area (Å²) in [5, 5.41) is 0. The van der Waals surface area contributed by atoms with Crippen LogP contribution in [0.4, 0.5) is 0 Å². The van der Waals surface area contributed by atoms with Crippen LogP contribution in [0.1, 0.15) is 0 Å². The Morgan fingerprint density at radius 3 is 2.50 bits per heavy atom. The van der Waals surface area contributed by atoms with E-state index in [1.807, 2.05) is 0 Å². The number of hydrogen-bond donors (Lipinski definition) is 0. The first-order chi connectivity index (χ1) is 8.53. The van der Waals surface area contributed by atoms with Crippen molar-refractivity contribution in [2.75, 3.05) is 58.3 Å². The maximum atomic E-state index is 11.4. The number of sulfone groups is 1. The first kappa shape index (κ1) is 15.4. The van der Waals surface area contributed by atoms with Gasteiger partial charge in [0.25, 0.3) is 0 Å². The number of carbonyl (C=O) groups excluding carboxylic acids is 1. The minimum Gasteiger partial charge on any atom is -0.438 e. The summed E-state index contributed by atoms with van der Waals surface area (Å²) in [5.41, 5.74) is 0. The molecule has 0 spiro atoms. The molecule has 1 fully saturated rings. The molecule has 0 radical (unpaired) electrons. The van der Waals surface area contributed by atoms with Crippen molar-refractivity contribution in [3.63, 3.8) is 0 Å². The van der Waals surface area contributed by atoms with Crippen LogP contribution in [0.5, 0.6) is 0 Å². The van der Waals surface area contributed by atoms with E-state index >= 15 is 0 Å². The van der Waals surface area contributed by atoms with Crippen LogP contribution in [0, 0.1) is 0 Å². The van der Waals surface area contributed by atoms with E-state index in [0.717, 1.165) is 0 Å². The summed E-state index contributed by atoms with van der Waals surface area (Å²) in [6.07, 6.45) is 0. The average molecular weight is 281 g/mol. The van der Waals surface area contributed by atoms with Gasteiger partial charge in [-0.1, -0.05) is 0 Å². The van der Waals surface area contributed by atoms with Crippen molar-refractivity contribution < 1.29 is 27.4 Å². The molecular weight excluding hydrogens is 262 g/mol. The number of carbonyl (C=O) groups is 1. The highest BCUT2D eigenvalue weighted by Crippen LogP contribution is 2.03. The zero-order chi connectivity index (χ0) is 13.4. The lowest BCUT2D eigenvalue weighted by Crippen LogP contribution is -2.43. The quantitative estimate of drug-likeness (QED) is 0.332. The molecule has 1 aliphatic heterocycles. The van der Waals surface area contributed by atoms with Gasteiger partial charge in [0.2, 0.25) is 0 Å². The Kier molecular flexibility index (Phi) is 6.55. The predicted molar refractivity (Wildman–Crippen MR) is 63.9 cm³/mol. The number of nitrogens with zero attached hydrogens (tertiary/aromatic N) is 1. The second kappa shape index (κ2) is 7.67. The Balaban J connectivity index is 2.10. The molecule has 0 saturated carbocycles. The zero-order valence-corrected chi connectivity index (χ0v) is 11.3. The van der Waals surface area contributed by atoms with Crippen molar-refractivity contribution >= 4 is 15.8 Å².